The molecule has 2 amide bonds. The zero-order valence-corrected chi connectivity index (χ0v) is 12.8. The lowest BCUT2D eigenvalue weighted by Crippen LogP contribution is -2.50. The van der Waals surface area contributed by atoms with Crippen LogP contribution < -0.4 is 5.32 Å². The van der Waals surface area contributed by atoms with Gasteiger partial charge in [-0.1, -0.05) is 0 Å². The second kappa shape index (κ2) is 7.42. The molecule has 1 saturated heterocycles. The lowest BCUT2D eigenvalue weighted by atomic mass is 10.1. The Balaban J connectivity index is 1.84. The van der Waals surface area contributed by atoms with Gasteiger partial charge in [-0.05, 0) is 35.7 Å². The molecule has 0 aromatic carbocycles. The van der Waals surface area contributed by atoms with Crippen molar-refractivity contribution in [3.8, 4) is 0 Å². The van der Waals surface area contributed by atoms with Gasteiger partial charge in [-0.3, -0.25) is 4.79 Å². The number of carbonyl (C=O) groups is 2. The van der Waals surface area contributed by atoms with Gasteiger partial charge in [0.25, 0.3) is 0 Å². The molecule has 2 rings (SSSR count). The Morgan fingerprint density at radius 3 is 3.00 bits per heavy atom. The van der Waals surface area contributed by atoms with Gasteiger partial charge in [0, 0.05) is 19.5 Å². The van der Waals surface area contributed by atoms with Crippen LogP contribution in [0.4, 0.5) is 4.79 Å². The Morgan fingerprint density at radius 2 is 2.33 bits per heavy atom. The Labute approximate surface area is 127 Å². The number of hydrogen-bond acceptors (Lipinski definition) is 4. The van der Waals surface area contributed by atoms with Crippen molar-refractivity contribution in [2.75, 3.05) is 19.6 Å². The molecule has 0 saturated carbocycles. The van der Waals surface area contributed by atoms with Crippen molar-refractivity contribution in [2.45, 2.75) is 32.0 Å². The highest BCUT2D eigenvalue weighted by atomic mass is 32.1. The van der Waals surface area contributed by atoms with Crippen LogP contribution in [0, 0.1) is 0 Å². The summed E-state index contributed by atoms with van der Waals surface area (Å²) in [6.07, 6.45) is 0.393. The summed E-state index contributed by atoms with van der Waals surface area (Å²) in [4.78, 5) is 24.3. The minimum Gasteiger partial charge on any atom is -0.481 e. The lowest BCUT2D eigenvalue weighted by Gasteiger charge is -2.36. The predicted octanol–water partition coefficient (Wildman–Crippen LogP) is 2.08. The number of aliphatic carboxylic acids is 1. The van der Waals surface area contributed by atoms with Crippen LogP contribution in [0.3, 0.4) is 0 Å². The van der Waals surface area contributed by atoms with Crippen LogP contribution >= 0.6 is 11.3 Å². The molecule has 0 bridgehead atoms. The lowest BCUT2D eigenvalue weighted by molar-refractivity contribution is -0.137. The van der Waals surface area contributed by atoms with Crippen molar-refractivity contribution in [3.63, 3.8) is 0 Å². The smallest absolute Gasteiger partial charge is 0.317 e. The monoisotopic (exact) mass is 312 g/mol. The molecule has 1 aromatic heterocycles. The van der Waals surface area contributed by atoms with E-state index in [1.165, 1.54) is 0 Å². The van der Waals surface area contributed by atoms with Crippen molar-refractivity contribution in [3.05, 3.63) is 22.4 Å². The Hall–Kier alpha value is -1.60. The minimum atomic E-state index is -0.846. The Morgan fingerprint density at radius 1 is 1.52 bits per heavy atom. The molecule has 2 heterocycles. The molecule has 1 fully saturated rings. The zero-order valence-electron chi connectivity index (χ0n) is 11.9. The highest BCUT2D eigenvalue weighted by Crippen LogP contribution is 2.26. The van der Waals surface area contributed by atoms with Crippen molar-refractivity contribution >= 4 is 23.3 Å². The summed E-state index contributed by atoms with van der Waals surface area (Å²) < 4.78 is 5.88. The van der Waals surface area contributed by atoms with Crippen molar-refractivity contribution < 1.29 is 19.4 Å². The SMILES string of the molecule is CC1CN(C(=O)NCCCC(=O)O)CC(c2ccsc2)O1. The van der Waals surface area contributed by atoms with Crippen LogP contribution in [0.2, 0.25) is 0 Å². The predicted molar refractivity (Wildman–Crippen MR) is 79.4 cm³/mol. The molecule has 1 aliphatic rings. The maximum atomic E-state index is 12.1. The van der Waals surface area contributed by atoms with Gasteiger partial charge < -0.3 is 20.1 Å². The average Bonchev–Trinajstić information content (AvgIpc) is 2.96. The van der Waals surface area contributed by atoms with E-state index < -0.39 is 5.97 Å². The fraction of sp³-hybridized carbons (Fsp3) is 0.571. The van der Waals surface area contributed by atoms with E-state index >= 15 is 0 Å². The number of hydrogen-bond donors (Lipinski definition) is 2. The van der Waals surface area contributed by atoms with Gasteiger partial charge in [0.15, 0.2) is 0 Å². The number of urea groups is 1. The van der Waals surface area contributed by atoms with Crippen LogP contribution in [0.25, 0.3) is 0 Å². The largest absolute Gasteiger partial charge is 0.481 e. The Kier molecular flexibility index (Phi) is 5.58. The summed E-state index contributed by atoms with van der Waals surface area (Å²) in [6.45, 7) is 3.39. The topological polar surface area (TPSA) is 78.9 Å². The maximum absolute atomic E-state index is 12.1. The van der Waals surface area contributed by atoms with Crippen LogP contribution in [-0.4, -0.2) is 47.7 Å². The van der Waals surface area contributed by atoms with E-state index in [-0.39, 0.29) is 24.7 Å². The highest BCUT2D eigenvalue weighted by molar-refractivity contribution is 7.07. The van der Waals surface area contributed by atoms with Gasteiger partial charge in [0.1, 0.15) is 6.10 Å². The third-order valence-electron chi connectivity index (χ3n) is 3.31. The summed E-state index contributed by atoms with van der Waals surface area (Å²) >= 11 is 1.61. The second-order valence-electron chi connectivity index (χ2n) is 5.13. The average molecular weight is 312 g/mol. The summed E-state index contributed by atoms with van der Waals surface area (Å²) in [5.41, 5.74) is 1.09. The third-order valence-corrected chi connectivity index (χ3v) is 4.01. The van der Waals surface area contributed by atoms with Crippen molar-refractivity contribution in [1.29, 1.82) is 0 Å². The fourth-order valence-corrected chi connectivity index (χ4v) is 3.01. The molecule has 116 valence electrons. The zero-order chi connectivity index (χ0) is 15.2. The quantitative estimate of drug-likeness (QED) is 0.816. The first-order chi connectivity index (χ1) is 10.1. The summed E-state index contributed by atoms with van der Waals surface area (Å²) in [5.74, 6) is -0.846. The van der Waals surface area contributed by atoms with Crippen LogP contribution in [-0.2, 0) is 9.53 Å². The van der Waals surface area contributed by atoms with E-state index in [9.17, 15) is 9.59 Å². The van der Waals surface area contributed by atoms with Gasteiger partial charge in [0.05, 0.1) is 12.6 Å². The molecule has 0 radical (unpaired) electrons. The molecular weight excluding hydrogens is 292 g/mol. The van der Waals surface area contributed by atoms with E-state index in [0.29, 0.717) is 26.1 Å². The van der Waals surface area contributed by atoms with Crippen LogP contribution in [0.1, 0.15) is 31.4 Å². The number of thiophene rings is 1. The molecule has 6 nitrogen and oxygen atoms in total. The fourth-order valence-electron chi connectivity index (χ4n) is 2.31. The van der Waals surface area contributed by atoms with Crippen molar-refractivity contribution in [2.24, 2.45) is 0 Å². The molecule has 2 atom stereocenters. The van der Waals surface area contributed by atoms with Gasteiger partial charge in [-0.15, -0.1) is 0 Å². The van der Waals surface area contributed by atoms with E-state index in [2.05, 4.69) is 5.32 Å². The number of morpholine rings is 1. The van der Waals surface area contributed by atoms with Gasteiger partial charge in [-0.25, -0.2) is 4.79 Å². The summed E-state index contributed by atoms with van der Waals surface area (Å²) in [5, 5.41) is 15.4. The van der Waals surface area contributed by atoms with Gasteiger partial charge in [0.2, 0.25) is 0 Å². The summed E-state index contributed by atoms with van der Waals surface area (Å²) in [6, 6.07) is 1.85. The molecule has 2 N–H and O–H groups in total. The van der Waals surface area contributed by atoms with E-state index in [1.807, 2.05) is 23.8 Å². The number of carboxylic acids is 1. The standard InChI is InChI=1S/C14H20N2O4S/c1-10-7-16(14(19)15-5-2-3-13(17)18)8-12(20-10)11-4-6-21-9-11/h4,6,9-10,12H,2-3,5,7-8H2,1H3,(H,15,19)(H,17,18). The van der Waals surface area contributed by atoms with Crippen molar-refractivity contribution in [1.82, 2.24) is 10.2 Å². The van der Waals surface area contributed by atoms with E-state index in [0.717, 1.165) is 5.56 Å². The molecular formula is C14H20N2O4S. The minimum absolute atomic E-state index is 0.0200. The van der Waals surface area contributed by atoms with E-state index in [1.54, 1.807) is 16.2 Å². The number of ether oxygens (including phenoxy) is 1. The van der Waals surface area contributed by atoms with Gasteiger partial charge in [-0.2, -0.15) is 11.3 Å². The molecule has 21 heavy (non-hydrogen) atoms. The number of nitrogens with zero attached hydrogens (tertiary/aromatic N) is 1. The molecule has 0 spiro atoms. The number of nitrogens with one attached hydrogen (secondary N) is 1. The Bertz CT molecular complexity index is 477. The summed E-state index contributed by atoms with van der Waals surface area (Å²) in [7, 11) is 0. The first-order valence-electron chi connectivity index (χ1n) is 6.98. The third kappa shape index (κ3) is 4.71. The number of carbonyl (C=O) groups excluding carboxylic acids is 1. The van der Waals surface area contributed by atoms with E-state index in [4.69, 9.17) is 9.84 Å². The highest BCUT2D eigenvalue weighted by Gasteiger charge is 2.29. The first-order valence-corrected chi connectivity index (χ1v) is 7.92. The van der Waals surface area contributed by atoms with Crippen LogP contribution in [0.15, 0.2) is 16.8 Å². The molecule has 1 aliphatic heterocycles. The van der Waals surface area contributed by atoms with Gasteiger partial charge >= 0.3 is 12.0 Å². The molecule has 7 heteroatoms. The molecule has 1 aromatic rings. The first kappa shape index (κ1) is 15.8. The normalized spacial score (nSPS) is 22.0. The maximum Gasteiger partial charge on any atom is 0.317 e. The molecule has 0 aliphatic carbocycles. The number of rotatable bonds is 5. The molecule has 2 unspecified atom stereocenters. The number of carboxylic acid groups (broad SMARTS) is 1. The second-order valence-corrected chi connectivity index (χ2v) is 5.91. The number of amides is 2. The van der Waals surface area contributed by atoms with Crippen LogP contribution in [0.5, 0.6) is 0 Å².